The molecule has 2 aromatic rings. The first-order valence-electron chi connectivity index (χ1n) is 5.19. The van der Waals surface area contributed by atoms with Crippen molar-refractivity contribution in [2.24, 2.45) is 0 Å². The number of hydrogen-bond donors (Lipinski definition) is 2. The minimum Gasteiger partial charge on any atom is -0.347 e. The van der Waals surface area contributed by atoms with E-state index in [1.807, 2.05) is 25.1 Å². The maximum atomic E-state index is 11.9. The molecule has 17 heavy (non-hydrogen) atoms. The third kappa shape index (κ3) is 2.94. The number of halogens is 1. The largest absolute Gasteiger partial charge is 0.347 e. The molecule has 0 fully saturated rings. The fourth-order valence-electron chi connectivity index (χ4n) is 1.49. The van der Waals surface area contributed by atoms with Crippen molar-refractivity contribution < 1.29 is 4.79 Å². The SMILES string of the molecule is Cc1ccc(Br)cc1C(=O)NCc1ncc[nH]1. The second-order valence-corrected chi connectivity index (χ2v) is 4.59. The van der Waals surface area contributed by atoms with E-state index in [1.54, 1.807) is 12.4 Å². The van der Waals surface area contributed by atoms with Gasteiger partial charge in [0, 0.05) is 22.4 Å². The maximum absolute atomic E-state index is 11.9. The molecule has 1 aromatic heterocycles. The zero-order chi connectivity index (χ0) is 12.3. The molecule has 0 atom stereocenters. The molecule has 4 nitrogen and oxygen atoms in total. The molecule has 88 valence electrons. The maximum Gasteiger partial charge on any atom is 0.251 e. The molecule has 1 amide bonds. The summed E-state index contributed by atoms with van der Waals surface area (Å²) < 4.78 is 0.895. The number of nitrogens with one attached hydrogen (secondary N) is 2. The highest BCUT2D eigenvalue weighted by molar-refractivity contribution is 9.10. The first-order valence-corrected chi connectivity index (χ1v) is 5.99. The first-order chi connectivity index (χ1) is 8.16. The quantitative estimate of drug-likeness (QED) is 0.913. The number of aryl methyl sites for hydroxylation is 1. The van der Waals surface area contributed by atoms with Crippen LogP contribution in [0.5, 0.6) is 0 Å². The van der Waals surface area contributed by atoms with Gasteiger partial charge < -0.3 is 10.3 Å². The number of hydrogen-bond acceptors (Lipinski definition) is 2. The van der Waals surface area contributed by atoms with Crippen LogP contribution >= 0.6 is 15.9 Å². The average Bonchev–Trinajstić information content (AvgIpc) is 2.82. The highest BCUT2D eigenvalue weighted by atomic mass is 79.9. The standard InChI is InChI=1S/C12H12BrN3O/c1-8-2-3-9(13)6-10(8)12(17)16-7-11-14-4-5-15-11/h2-6H,7H2,1H3,(H,14,15)(H,16,17). The van der Waals surface area contributed by atoms with Gasteiger partial charge in [-0.3, -0.25) is 4.79 Å². The van der Waals surface area contributed by atoms with Crippen molar-refractivity contribution in [1.29, 1.82) is 0 Å². The molecule has 0 radical (unpaired) electrons. The van der Waals surface area contributed by atoms with Gasteiger partial charge in [-0.05, 0) is 24.6 Å². The molecule has 0 saturated carbocycles. The fourth-order valence-corrected chi connectivity index (χ4v) is 1.85. The van der Waals surface area contributed by atoms with Crippen molar-refractivity contribution in [3.05, 3.63) is 52.0 Å². The zero-order valence-corrected chi connectivity index (χ0v) is 10.9. The summed E-state index contributed by atoms with van der Waals surface area (Å²) in [6, 6.07) is 5.64. The Labute approximate surface area is 108 Å². The molecule has 0 saturated heterocycles. The molecular formula is C12H12BrN3O. The lowest BCUT2D eigenvalue weighted by Gasteiger charge is -2.06. The summed E-state index contributed by atoms with van der Waals surface area (Å²) in [6.45, 7) is 2.31. The summed E-state index contributed by atoms with van der Waals surface area (Å²) in [5.74, 6) is 0.645. The summed E-state index contributed by atoms with van der Waals surface area (Å²) in [5, 5.41) is 2.82. The number of aromatic amines is 1. The zero-order valence-electron chi connectivity index (χ0n) is 9.33. The Morgan fingerprint density at radius 2 is 2.35 bits per heavy atom. The number of aromatic nitrogens is 2. The van der Waals surface area contributed by atoms with Crippen molar-refractivity contribution in [3.63, 3.8) is 0 Å². The van der Waals surface area contributed by atoms with Gasteiger partial charge in [-0.15, -0.1) is 0 Å². The van der Waals surface area contributed by atoms with Crippen LogP contribution in [0.2, 0.25) is 0 Å². The second-order valence-electron chi connectivity index (χ2n) is 3.68. The van der Waals surface area contributed by atoms with E-state index >= 15 is 0 Å². The lowest BCUT2D eigenvalue weighted by molar-refractivity contribution is 0.0949. The number of rotatable bonds is 3. The van der Waals surface area contributed by atoms with Crippen LogP contribution in [0.15, 0.2) is 35.1 Å². The number of H-pyrrole nitrogens is 1. The summed E-state index contributed by atoms with van der Waals surface area (Å²) in [7, 11) is 0. The van der Waals surface area contributed by atoms with E-state index in [0.717, 1.165) is 15.9 Å². The average molecular weight is 294 g/mol. The topological polar surface area (TPSA) is 57.8 Å². The number of benzene rings is 1. The lowest BCUT2D eigenvalue weighted by atomic mass is 10.1. The van der Waals surface area contributed by atoms with E-state index < -0.39 is 0 Å². The predicted octanol–water partition coefficient (Wildman–Crippen LogP) is 2.41. The molecule has 0 aliphatic carbocycles. The number of carbonyl (C=O) groups is 1. The van der Waals surface area contributed by atoms with Crippen molar-refractivity contribution >= 4 is 21.8 Å². The van der Waals surface area contributed by atoms with Crippen molar-refractivity contribution in [1.82, 2.24) is 15.3 Å². The van der Waals surface area contributed by atoms with Gasteiger partial charge >= 0.3 is 0 Å². The number of amides is 1. The van der Waals surface area contributed by atoms with Crippen molar-refractivity contribution in [2.75, 3.05) is 0 Å². The number of carbonyl (C=O) groups excluding carboxylic acids is 1. The summed E-state index contributed by atoms with van der Waals surface area (Å²) in [5.41, 5.74) is 1.62. The van der Waals surface area contributed by atoms with Gasteiger partial charge in [-0.2, -0.15) is 0 Å². The van der Waals surface area contributed by atoms with Gasteiger partial charge in [0.2, 0.25) is 0 Å². The van der Waals surface area contributed by atoms with E-state index in [2.05, 4.69) is 31.2 Å². The molecule has 2 rings (SSSR count). The van der Waals surface area contributed by atoms with Crippen LogP contribution in [0.4, 0.5) is 0 Å². The Balaban J connectivity index is 2.07. The van der Waals surface area contributed by atoms with E-state index in [-0.39, 0.29) is 5.91 Å². The molecule has 0 aliphatic rings. The fraction of sp³-hybridized carbons (Fsp3) is 0.167. The molecule has 5 heteroatoms. The van der Waals surface area contributed by atoms with Gasteiger partial charge in [0.15, 0.2) is 0 Å². The second kappa shape index (κ2) is 5.14. The number of nitrogens with zero attached hydrogens (tertiary/aromatic N) is 1. The van der Waals surface area contributed by atoms with E-state index in [9.17, 15) is 4.79 Å². The Morgan fingerprint density at radius 1 is 1.53 bits per heavy atom. The molecule has 0 bridgehead atoms. The predicted molar refractivity (Wildman–Crippen MR) is 68.6 cm³/mol. The van der Waals surface area contributed by atoms with Gasteiger partial charge in [0.1, 0.15) is 5.82 Å². The third-order valence-electron chi connectivity index (χ3n) is 2.42. The lowest BCUT2D eigenvalue weighted by Crippen LogP contribution is -2.24. The van der Waals surface area contributed by atoms with Crippen LogP contribution in [0.1, 0.15) is 21.7 Å². The van der Waals surface area contributed by atoms with Crippen LogP contribution < -0.4 is 5.32 Å². The molecule has 0 unspecified atom stereocenters. The smallest absolute Gasteiger partial charge is 0.251 e. The van der Waals surface area contributed by atoms with Crippen LogP contribution in [-0.4, -0.2) is 15.9 Å². The van der Waals surface area contributed by atoms with Crippen molar-refractivity contribution in [3.8, 4) is 0 Å². The minimum atomic E-state index is -0.0970. The van der Waals surface area contributed by atoms with Crippen molar-refractivity contribution in [2.45, 2.75) is 13.5 Å². The van der Waals surface area contributed by atoms with Crippen LogP contribution in [0.25, 0.3) is 0 Å². The Bertz CT molecular complexity index is 523. The molecule has 0 spiro atoms. The van der Waals surface area contributed by atoms with E-state index in [1.165, 1.54) is 0 Å². The van der Waals surface area contributed by atoms with Gasteiger partial charge in [0.25, 0.3) is 5.91 Å². The highest BCUT2D eigenvalue weighted by Gasteiger charge is 2.09. The van der Waals surface area contributed by atoms with E-state index in [0.29, 0.717) is 12.1 Å². The van der Waals surface area contributed by atoms with Crippen LogP contribution in [0.3, 0.4) is 0 Å². The Morgan fingerprint density at radius 3 is 3.06 bits per heavy atom. The summed E-state index contributed by atoms with van der Waals surface area (Å²) >= 11 is 3.36. The van der Waals surface area contributed by atoms with Gasteiger partial charge in [-0.1, -0.05) is 22.0 Å². The highest BCUT2D eigenvalue weighted by Crippen LogP contribution is 2.15. The van der Waals surface area contributed by atoms with Gasteiger partial charge in [-0.25, -0.2) is 4.98 Å². The third-order valence-corrected chi connectivity index (χ3v) is 2.91. The minimum absolute atomic E-state index is 0.0970. The van der Waals surface area contributed by atoms with E-state index in [4.69, 9.17) is 0 Å². The number of imidazole rings is 1. The van der Waals surface area contributed by atoms with Gasteiger partial charge in [0.05, 0.1) is 6.54 Å². The van der Waals surface area contributed by atoms with Crippen LogP contribution in [0, 0.1) is 6.92 Å². The molecular weight excluding hydrogens is 282 g/mol. The Kier molecular flexibility index (Phi) is 3.58. The summed E-state index contributed by atoms with van der Waals surface area (Å²) in [6.07, 6.45) is 3.39. The normalized spacial score (nSPS) is 10.2. The Hall–Kier alpha value is -1.62. The molecule has 1 heterocycles. The summed E-state index contributed by atoms with van der Waals surface area (Å²) in [4.78, 5) is 18.9. The first kappa shape index (κ1) is 11.9. The molecule has 2 N–H and O–H groups in total. The van der Waals surface area contributed by atoms with Crippen LogP contribution in [-0.2, 0) is 6.54 Å². The molecule has 1 aromatic carbocycles. The molecule has 0 aliphatic heterocycles. The monoisotopic (exact) mass is 293 g/mol.